The first kappa shape index (κ1) is 11.2. The molecule has 1 N–H and O–H groups in total. The van der Waals surface area contributed by atoms with E-state index in [-0.39, 0.29) is 0 Å². The Hall–Kier alpha value is -0.600. The van der Waals surface area contributed by atoms with Gasteiger partial charge in [-0.1, -0.05) is 12.2 Å². The molecule has 2 nitrogen and oxygen atoms in total. The van der Waals surface area contributed by atoms with Crippen molar-refractivity contribution in [3.63, 3.8) is 0 Å². The molecule has 9 heavy (non-hydrogen) atoms. The summed E-state index contributed by atoms with van der Waals surface area (Å²) < 4.78 is 4.90. The zero-order valence-electron chi connectivity index (χ0n) is 5.84. The third-order valence-corrected chi connectivity index (χ3v) is 0.471. The molecule has 54 valence electrons. The second-order valence-electron chi connectivity index (χ2n) is 1.11. The lowest BCUT2D eigenvalue weighted by Gasteiger charge is -1.89. The van der Waals surface area contributed by atoms with E-state index in [4.69, 9.17) is 9.84 Å². The molecule has 0 saturated heterocycles. The van der Waals surface area contributed by atoms with Crippen LogP contribution in [0.15, 0.2) is 25.3 Å². The number of rotatable bonds is 4. The van der Waals surface area contributed by atoms with Gasteiger partial charge in [-0.2, -0.15) is 0 Å². The average Bonchev–Trinajstić information content (AvgIpc) is 1.94. The summed E-state index contributed by atoms with van der Waals surface area (Å²) in [6.07, 6.45) is 3.42. The van der Waals surface area contributed by atoms with Gasteiger partial charge in [0.2, 0.25) is 0 Å². The Morgan fingerprint density at radius 2 is 1.56 bits per heavy atom. The van der Waals surface area contributed by atoms with Crippen molar-refractivity contribution in [3.8, 4) is 0 Å². The Balaban J connectivity index is 0. The molecule has 2 heteroatoms. The van der Waals surface area contributed by atoms with Crippen LogP contribution in [0.2, 0.25) is 0 Å². The molecule has 0 heterocycles. The fourth-order valence-corrected chi connectivity index (χ4v) is 0.235. The third kappa shape index (κ3) is 18.7. The van der Waals surface area contributed by atoms with Crippen LogP contribution in [-0.2, 0) is 4.74 Å². The van der Waals surface area contributed by atoms with Crippen LogP contribution >= 0.6 is 0 Å². The number of aliphatic hydroxyl groups is 1. The molecule has 0 atom stereocenters. The molecule has 0 aromatic rings. The lowest BCUT2D eigenvalue weighted by atomic mass is 10.6. The molecule has 0 aliphatic rings. The van der Waals surface area contributed by atoms with Crippen molar-refractivity contribution >= 4 is 0 Å². The van der Waals surface area contributed by atoms with Gasteiger partial charge < -0.3 is 9.84 Å². The number of hydrogen-bond acceptors (Lipinski definition) is 2. The highest BCUT2D eigenvalue weighted by Crippen LogP contribution is 1.72. The maximum atomic E-state index is 7.00. The smallest absolute Gasteiger partial charge is 0.0649 e. The Labute approximate surface area is 56.5 Å². The molecule has 0 radical (unpaired) electrons. The first-order valence-electron chi connectivity index (χ1n) is 2.66. The van der Waals surface area contributed by atoms with Crippen molar-refractivity contribution in [1.29, 1.82) is 0 Å². The van der Waals surface area contributed by atoms with Gasteiger partial charge in [-0.25, -0.2) is 0 Å². The summed E-state index contributed by atoms with van der Waals surface area (Å²) in [5, 5.41) is 7.00. The zero-order chi connectivity index (χ0) is 7.54. The van der Waals surface area contributed by atoms with Crippen LogP contribution in [0, 0.1) is 0 Å². The molecule has 0 aromatic heterocycles. The second-order valence-corrected chi connectivity index (χ2v) is 1.11. The lowest BCUT2D eigenvalue weighted by Crippen LogP contribution is -1.87. The molecule has 0 rings (SSSR count). The van der Waals surface area contributed by atoms with Gasteiger partial charge in [-0.05, 0) is 0 Å². The van der Waals surface area contributed by atoms with E-state index in [1.54, 1.807) is 12.2 Å². The summed E-state index contributed by atoms with van der Waals surface area (Å²) >= 11 is 0. The molecule has 0 unspecified atom stereocenters. The van der Waals surface area contributed by atoms with Gasteiger partial charge in [0, 0.05) is 7.11 Å². The minimum atomic E-state index is 0.617. The molecule has 0 aromatic carbocycles. The van der Waals surface area contributed by atoms with Crippen molar-refractivity contribution in [3.05, 3.63) is 25.3 Å². The van der Waals surface area contributed by atoms with E-state index in [0.29, 0.717) is 13.2 Å². The summed E-state index contributed by atoms with van der Waals surface area (Å²) in [5.41, 5.74) is 0. The number of hydrogen-bond donors (Lipinski definition) is 1. The monoisotopic (exact) mass is 130 g/mol. The zero-order valence-corrected chi connectivity index (χ0v) is 5.84. The molecule has 0 amide bonds. The summed E-state index contributed by atoms with van der Waals surface area (Å²) in [4.78, 5) is 0. The van der Waals surface area contributed by atoms with Crippen LogP contribution in [0.5, 0.6) is 0 Å². The molecule has 0 saturated carbocycles. The Morgan fingerprint density at radius 1 is 1.22 bits per heavy atom. The van der Waals surface area contributed by atoms with Crippen LogP contribution in [0.1, 0.15) is 0 Å². The molecule has 0 fully saturated rings. The van der Waals surface area contributed by atoms with Crippen molar-refractivity contribution in [2.45, 2.75) is 0 Å². The van der Waals surface area contributed by atoms with Gasteiger partial charge in [-0.15, -0.1) is 13.2 Å². The molecule has 0 aliphatic heterocycles. The fraction of sp³-hybridized carbons (Fsp3) is 0.429. The van der Waals surface area contributed by atoms with E-state index in [1.165, 1.54) is 0 Å². The summed E-state index contributed by atoms with van der Waals surface area (Å²) in [6.45, 7) is 8.18. The Kier molecular flexibility index (Phi) is 19.5. The Morgan fingerprint density at radius 3 is 1.78 bits per heavy atom. The standard InChI is InChI=1S/C6H10O.CH4O/c1-3-5-7-6-4-2;1-2/h3-4H,1-2,5-6H2;2H,1H3. The fourth-order valence-electron chi connectivity index (χ4n) is 0.235. The quantitative estimate of drug-likeness (QED) is 0.454. The highest BCUT2D eigenvalue weighted by atomic mass is 16.5. The molecule has 0 aliphatic carbocycles. The van der Waals surface area contributed by atoms with Crippen molar-refractivity contribution < 1.29 is 9.84 Å². The number of aliphatic hydroxyl groups excluding tert-OH is 1. The average molecular weight is 130 g/mol. The van der Waals surface area contributed by atoms with Gasteiger partial charge >= 0.3 is 0 Å². The van der Waals surface area contributed by atoms with Gasteiger partial charge in [0.15, 0.2) is 0 Å². The van der Waals surface area contributed by atoms with E-state index < -0.39 is 0 Å². The van der Waals surface area contributed by atoms with E-state index in [2.05, 4.69) is 13.2 Å². The molecular weight excluding hydrogens is 116 g/mol. The largest absolute Gasteiger partial charge is 0.400 e. The molecule has 0 bridgehead atoms. The summed E-state index contributed by atoms with van der Waals surface area (Å²) in [6, 6.07) is 0. The van der Waals surface area contributed by atoms with Crippen LogP contribution in [0.4, 0.5) is 0 Å². The third-order valence-electron chi connectivity index (χ3n) is 0.471. The highest BCUT2D eigenvalue weighted by Gasteiger charge is 1.70. The van der Waals surface area contributed by atoms with Gasteiger partial charge in [0.1, 0.15) is 0 Å². The predicted octanol–water partition coefficient (Wildman–Crippen LogP) is 0.983. The van der Waals surface area contributed by atoms with Gasteiger partial charge in [-0.3, -0.25) is 0 Å². The maximum absolute atomic E-state index is 7.00. The second kappa shape index (κ2) is 15.7. The van der Waals surface area contributed by atoms with Crippen molar-refractivity contribution in [2.75, 3.05) is 20.3 Å². The molecule has 0 spiro atoms. The SMILES string of the molecule is C=CCOCC=C.CO. The van der Waals surface area contributed by atoms with Crippen molar-refractivity contribution in [2.24, 2.45) is 0 Å². The van der Waals surface area contributed by atoms with Crippen molar-refractivity contribution in [1.82, 2.24) is 0 Å². The first-order chi connectivity index (χ1) is 4.41. The van der Waals surface area contributed by atoms with Gasteiger partial charge in [0.25, 0.3) is 0 Å². The molecular formula is C7H14O2. The van der Waals surface area contributed by atoms with E-state index in [9.17, 15) is 0 Å². The minimum Gasteiger partial charge on any atom is -0.400 e. The maximum Gasteiger partial charge on any atom is 0.0649 e. The van der Waals surface area contributed by atoms with E-state index in [1.807, 2.05) is 0 Å². The van der Waals surface area contributed by atoms with Gasteiger partial charge in [0.05, 0.1) is 13.2 Å². The highest BCUT2D eigenvalue weighted by molar-refractivity contribution is 4.68. The minimum absolute atomic E-state index is 0.617. The first-order valence-corrected chi connectivity index (χ1v) is 2.66. The summed E-state index contributed by atoms with van der Waals surface area (Å²) in [7, 11) is 1.00. The Bertz CT molecular complexity index is 51.9. The predicted molar refractivity (Wildman–Crippen MR) is 39.4 cm³/mol. The van der Waals surface area contributed by atoms with E-state index in [0.717, 1.165) is 7.11 Å². The van der Waals surface area contributed by atoms with E-state index >= 15 is 0 Å². The lowest BCUT2D eigenvalue weighted by molar-refractivity contribution is 0.194. The normalized spacial score (nSPS) is 6.89. The van der Waals surface area contributed by atoms with Crippen LogP contribution < -0.4 is 0 Å². The number of ether oxygens (including phenoxy) is 1. The van der Waals surface area contributed by atoms with Crippen LogP contribution in [0.3, 0.4) is 0 Å². The topological polar surface area (TPSA) is 29.5 Å². The van der Waals surface area contributed by atoms with Crippen LogP contribution in [-0.4, -0.2) is 25.4 Å². The summed E-state index contributed by atoms with van der Waals surface area (Å²) in [5.74, 6) is 0. The van der Waals surface area contributed by atoms with Crippen LogP contribution in [0.25, 0.3) is 0 Å².